The molecule has 1 aromatic carbocycles. The molecule has 3 aromatic rings. The topological polar surface area (TPSA) is 74.5 Å². The van der Waals surface area contributed by atoms with E-state index < -0.39 is 0 Å². The highest BCUT2D eigenvalue weighted by Crippen LogP contribution is 2.24. The molecule has 0 bridgehead atoms. The van der Waals surface area contributed by atoms with Crippen molar-refractivity contribution in [3.63, 3.8) is 0 Å². The van der Waals surface area contributed by atoms with Gasteiger partial charge in [-0.15, -0.1) is 0 Å². The first-order valence-corrected chi connectivity index (χ1v) is 8.85. The lowest BCUT2D eigenvalue weighted by atomic mass is 10.2. The number of hydrogen-bond donors (Lipinski definition) is 1. The van der Waals surface area contributed by atoms with Gasteiger partial charge in [-0.05, 0) is 31.2 Å². The molecule has 26 heavy (non-hydrogen) atoms. The summed E-state index contributed by atoms with van der Waals surface area (Å²) in [5.41, 5.74) is 2.28. The fourth-order valence-electron chi connectivity index (χ4n) is 3.19. The molecule has 0 saturated carbocycles. The molecule has 0 aliphatic carbocycles. The van der Waals surface area contributed by atoms with Gasteiger partial charge in [-0.2, -0.15) is 4.98 Å². The van der Waals surface area contributed by atoms with Gasteiger partial charge in [-0.3, -0.25) is 4.79 Å². The normalized spacial score (nSPS) is 14.7. The van der Waals surface area contributed by atoms with Gasteiger partial charge in [0, 0.05) is 38.9 Å². The molecular weight excluding hydrogens is 330 g/mol. The maximum absolute atomic E-state index is 12.3. The van der Waals surface area contributed by atoms with Crippen molar-refractivity contribution in [2.24, 2.45) is 0 Å². The highest BCUT2D eigenvalue weighted by molar-refractivity contribution is 5.98. The second-order valence-corrected chi connectivity index (χ2v) is 6.17. The molecule has 4 rings (SSSR count). The number of aromatic nitrogens is 2. The largest absolute Gasteiger partial charge is 0.423 e. The number of nitrogens with one attached hydrogen (secondary N) is 1. The average molecular weight is 351 g/mol. The molecule has 3 heterocycles. The maximum Gasteiger partial charge on any atom is 0.298 e. The molecule has 0 spiro atoms. The highest BCUT2D eigenvalue weighted by atomic mass is 16.4. The van der Waals surface area contributed by atoms with Gasteiger partial charge in [0.25, 0.3) is 11.9 Å². The summed E-state index contributed by atoms with van der Waals surface area (Å²) in [5, 5.41) is 2.85. The van der Waals surface area contributed by atoms with Crippen molar-refractivity contribution in [2.45, 2.75) is 6.92 Å². The van der Waals surface area contributed by atoms with E-state index >= 15 is 0 Å². The van der Waals surface area contributed by atoms with Crippen LogP contribution in [0.15, 0.2) is 47.0 Å². The Morgan fingerprint density at radius 2 is 1.88 bits per heavy atom. The zero-order valence-corrected chi connectivity index (χ0v) is 14.7. The summed E-state index contributed by atoms with van der Waals surface area (Å²) in [4.78, 5) is 25.6. The first kappa shape index (κ1) is 16.4. The molecular formula is C19H21N5O2. The van der Waals surface area contributed by atoms with E-state index in [-0.39, 0.29) is 5.91 Å². The number of carbonyl (C=O) groups is 1. The minimum Gasteiger partial charge on any atom is -0.423 e. The van der Waals surface area contributed by atoms with Crippen molar-refractivity contribution in [1.29, 1.82) is 0 Å². The number of fused-ring (bicyclic) bond motifs is 1. The summed E-state index contributed by atoms with van der Waals surface area (Å²) in [6.45, 7) is 5.53. The van der Waals surface area contributed by atoms with Crippen LogP contribution in [0.1, 0.15) is 17.3 Å². The molecule has 2 aromatic heterocycles. The summed E-state index contributed by atoms with van der Waals surface area (Å²) in [6, 6.07) is 12.0. The molecule has 1 N–H and O–H groups in total. The number of piperazine rings is 1. The number of rotatable bonds is 4. The van der Waals surface area contributed by atoms with Crippen LogP contribution in [0.2, 0.25) is 0 Å². The van der Waals surface area contributed by atoms with Crippen molar-refractivity contribution >= 4 is 28.8 Å². The summed E-state index contributed by atoms with van der Waals surface area (Å²) in [5.74, 6) is 0.646. The predicted octanol–water partition coefficient (Wildman–Crippen LogP) is 2.30. The Labute approximate surface area is 151 Å². The zero-order valence-electron chi connectivity index (χ0n) is 14.7. The Kier molecular flexibility index (Phi) is 4.43. The van der Waals surface area contributed by atoms with Gasteiger partial charge >= 0.3 is 0 Å². The first-order chi connectivity index (χ1) is 12.8. The Hall–Kier alpha value is -3.09. The van der Waals surface area contributed by atoms with E-state index in [1.807, 2.05) is 37.3 Å². The van der Waals surface area contributed by atoms with E-state index in [4.69, 9.17) is 4.42 Å². The fourth-order valence-corrected chi connectivity index (χ4v) is 3.19. The summed E-state index contributed by atoms with van der Waals surface area (Å²) in [6.07, 6.45) is 1.73. The van der Waals surface area contributed by atoms with Gasteiger partial charge in [-0.1, -0.05) is 12.1 Å². The van der Waals surface area contributed by atoms with Crippen molar-refractivity contribution < 1.29 is 9.21 Å². The lowest BCUT2D eigenvalue weighted by Gasteiger charge is -2.35. The molecule has 1 amide bonds. The van der Waals surface area contributed by atoms with Gasteiger partial charge in [0.1, 0.15) is 11.3 Å². The molecule has 134 valence electrons. The average Bonchev–Trinajstić information content (AvgIpc) is 3.12. The Balaban J connectivity index is 1.49. The Morgan fingerprint density at radius 1 is 1.12 bits per heavy atom. The van der Waals surface area contributed by atoms with Crippen molar-refractivity contribution in [3.05, 3.63) is 48.2 Å². The number of hydrogen-bond acceptors (Lipinski definition) is 6. The second kappa shape index (κ2) is 7.03. The minimum absolute atomic E-state index is 0.0861. The molecule has 1 fully saturated rings. The monoisotopic (exact) mass is 351 g/mol. The maximum atomic E-state index is 12.3. The summed E-state index contributed by atoms with van der Waals surface area (Å²) in [7, 11) is 0. The van der Waals surface area contributed by atoms with Crippen LogP contribution in [0.25, 0.3) is 11.1 Å². The van der Waals surface area contributed by atoms with Crippen LogP contribution in [0, 0.1) is 0 Å². The van der Waals surface area contributed by atoms with E-state index in [0.29, 0.717) is 18.1 Å². The minimum atomic E-state index is -0.0861. The molecule has 7 nitrogen and oxygen atoms in total. The number of benzene rings is 1. The summed E-state index contributed by atoms with van der Waals surface area (Å²) >= 11 is 0. The number of pyridine rings is 1. The van der Waals surface area contributed by atoms with Crippen LogP contribution in [-0.4, -0.2) is 48.6 Å². The molecule has 0 atom stereocenters. The van der Waals surface area contributed by atoms with Gasteiger partial charge < -0.3 is 19.5 Å². The van der Waals surface area contributed by atoms with E-state index in [2.05, 4.69) is 25.1 Å². The molecule has 1 aliphatic rings. The van der Waals surface area contributed by atoms with Crippen LogP contribution >= 0.6 is 0 Å². The lowest BCUT2D eigenvalue weighted by molar-refractivity contribution is 0.0956. The standard InChI is InChI=1S/C19H21N5O2/c1-2-20-18(25)14-6-5-9-21-17(14)23-10-12-24(13-11-23)19-22-15-7-3-4-8-16(15)26-19/h3-9H,2,10-13H2,1H3,(H,20,25). The van der Waals surface area contributed by atoms with Crippen LogP contribution in [-0.2, 0) is 0 Å². The van der Waals surface area contributed by atoms with Crippen LogP contribution in [0.5, 0.6) is 0 Å². The molecule has 0 unspecified atom stereocenters. The van der Waals surface area contributed by atoms with Gasteiger partial charge in [0.15, 0.2) is 5.58 Å². The van der Waals surface area contributed by atoms with Gasteiger partial charge in [-0.25, -0.2) is 4.98 Å². The zero-order chi connectivity index (χ0) is 17.9. The Morgan fingerprint density at radius 3 is 2.65 bits per heavy atom. The number of nitrogens with zero attached hydrogens (tertiary/aromatic N) is 4. The quantitative estimate of drug-likeness (QED) is 0.777. The number of oxazole rings is 1. The fraction of sp³-hybridized carbons (Fsp3) is 0.316. The third-order valence-corrected chi connectivity index (χ3v) is 4.50. The second-order valence-electron chi connectivity index (χ2n) is 6.17. The first-order valence-electron chi connectivity index (χ1n) is 8.85. The molecule has 1 saturated heterocycles. The van der Waals surface area contributed by atoms with Gasteiger partial charge in [0.2, 0.25) is 0 Å². The number of carbonyl (C=O) groups excluding carboxylic acids is 1. The SMILES string of the molecule is CCNC(=O)c1cccnc1N1CCN(c2nc3ccccc3o2)CC1. The lowest BCUT2D eigenvalue weighted by Crippen LogP contribution is -2.47. The van der Waals surface area contributed by atoms with Gasteiger partial charge in [0.05, 0.1) is 5.56 Å². The smallest absolute Gasteiger partial charge is 0.298 e. The third-order valence-electron chi connectivity index (χ3n) is 4.50. The van der Waals surface area contributed by atoms with Crippen molar-refractivity contribution in [1.82, 2.24) is 15.3 Å². The van der Waals surface area contributed by atoms with Crippen LogP contribution in [0.4, 0.5) is 11.8 Å². The van der Waals surface area contributed by atoms with E-state index in [9.17, 15) is 4.79 Å². The van der Waals surface area contributed by atoms with Crippen molar-refractivity contribution in [3.8, 4) is 0 Å². The van der Waals surface area contributed by atoms with Crippen molar-refractivity contribution in [2.75, 3.05) is 42.5 Å². The number of amides is 1. The molecule has 7 heteroatoms. The third kappa shape index (κ3) is 3.08. The van der Waals surface area contributed by atoms with E-state index in [0.717, 1.165) is 43.1 Å². The Bertz CT molecular complexity index is 882. The highest BCUT2D eigenvalue weighted by Gasteiger charge is 2.24. The van der Waals surface area contributed by atoms with Crippen LogP contribution in [0.3, 0.4) is 0 Å². The predicted molar refractivity (Wildman–Crippen MR) is 101 cm³/mol. The number of anilines is 2. The summed E-state index contributed by atoms with van der Waals surface area (Å²) < 4.78 is 5.86. The van der Waals surface area contributed by atoms with E-state index in [1.165, 1.54) is 0 Å². The van der Waals surface area contributed by atoms with Crippen LogP contribution < -0.4 is 15.1 Å². The molecule has 0 radical (unpaired) electrons. The number of para-hydroxylation sites is 2. The molecule has 1 aliphatic heterocycles. The van der Waals surface area contributed by atoms with E-state index in [1.54, 1.807) is 12.3 Å².